The second kappa shape index (κ2) is 4.44. The Bertz CT molecular complexity index is 310. The lowest BCUT2D eigenvalue weighted by Crippen LogP contribution is -2.20. The topological polar surface area (TPSA) is 49.5 Å². The first-order valence-corrected chi connectivity index (χ1v) is 4.70. The van der Waals surface area contributed by atoms with Crippen LogP contribution in [0.25, 0.3) is 0 Å². The van der Waals surface area contributed by atoms with Crippen LogP contribution in [0.15, 0.2) is 18.2 Å². The summed E-state index contributed by atoms with van der Waals surface area (Å²) >= 11 is 0. The van der Waals surface area contributed by atoms with Crippen LogP contribution in [0.3, 0.4) is 0 Å². The molecule has 0 spiro atoms. The van der Waals surface area contributed by atoms with Gasteiger partial charge in [0.15, 0.2) is 0 Å². The van der Waals surface area contributed by atoms with Crippen molar-refractivity contribution in [1.29, 1.82) is 0 Å². The van der Waals surface area contributed by atoms with E-state index in [2.05, 4.69) is 6.07 Å². The van der Waals surface area contributed by atoms with Gasteiger partial charge < -0.3 is 15.7 Å². The summed E-state index contributed by atoms with van der Waals surface area (Å²) in [5.41, 5.74) is 9.07. The molecule has 0 saturated carbocycles. The molecule has 0 aromatic heterocycles. The van der Waals surface area contributed by atoms with Crippen LogP contribution in [-0.4, -0.2) is 25.8 Å². The van der Waals surface area contributed by atoms with Crippen molar-refractivity contribution >= 4 is 5.69 Å². The van der Waals surface area contributed by atoms with Gasteiger partial charge in [0.2, 0.25) is 0 Å². The number of benzene rings is 1. The molecule has 1 unspecified atom stereocenters. The molecule has 0 radical (unpaired) electrons. The Labute approximate surface area is 85.2 Å². The zero-order chi connectivity index (χ0) is 10.7. The Balaban J connectivity index is 3.14. The lowest BCUT2D eigenvalue weighted by Gasteiger charge is -2.21. The summed E-state index contributed by atoms with van der Waals surface area (Å²) < 4.78 is 0. The quantitative estimate of drug-likeness (QED) is 0.756. The van der Waals surface area contributed by atoms with E-state index < -0.39 is 0 Å². The predicted molar refractivity (Wildman–Crippen MR) is 59.5 cm³/mol. The van der Waals surface area contributed by atoms with Gasteiger partial charge in [-0.2, -0.15) is 0 Å². The number of nitrogens with two attached hydrogens (primary N) is 1. The lowest BCUT2D eigenvalue weighted by atomic mass is 10.0. The van der Waals surface area contributed by atoms with Gasteiger partial charge in [0.1, 0.15) is 0 Å². The summed E-state index contributed by atoms with van der Waals surface area (Å²) in [5.74, 6) is 0. The van der Waals surface area contributed by atoms with Crippen LogP contribution in [0, 0.1) is 6.92 Å². The number of hydrogen-bond acceptors (Lipinski definition) is 3. The molecule has 0 aliphatic carbocycles. The third kappa shape index (κ3) is 2.25. The van der Waals surface area contributed by atoms with Gasteiger partial charge >= 0.3 is 0 Å². The van der Waals surface area contributed by atoms with E-state index in [1.165, 1.54) is 5.56 Å². The lowest BCUT2D eigenvalue weighted by molar-refractivity contribution is 0.268. The average Bonchev–Trinajstić information content (AvgIpc) is 2.16. The SMILES string of the molecule is Cc1ccc(C(N)CO)c(N(C)C)c1. The van der Waals surface area contributed by atoms with Crippen LogP contribution in [0.1, 0.15) is 17.2 Å². The second-order valence-corrected chi connectivity index (χ2v) is 3.75. The number of aliphatic hydroxyl groups excluding tert-OH is 1. The van der Waals surface area contributed by atoms with Crippen molar-refractivity contribution in [2.45, 2.75) is 13.0 Å². The minimum Gasteiger partial charge on any atom is -0.394 e. The number of rotatable bonds is 3. The van der Waals surface area contributed by atoms with Crippen molar-refractivity contribution in [2.24, 2.45) is 5.73 Å². The van der Waals surface area contributed by atoms with E-state index in [-0.39, 0.29) is 12.6 Å². The Morgan fingerprint density at radius 2 is 2.07 bits per heavy atom. The van der Waals surface area contributed by atoms with Crippen LogP contribution in [0.2, 0.25) is 0 Å². The first kappa shape index (κ1) is 11.0. The number of nitrogens with zero attached hydrogens (tertiary/aromatic N) is 1. The zero-order valence-electron chi connectivity index (χ0n) is 8.99. The van der Waals surface area contributed by atoms with Crippen molar-refractivity contribution < 1.29 is 5.11 Å². The highest BCUT2D eigenvalue weighted by Gasteiger charge is 2.11. The van der Waals surface area contributed by atoms with Crippen molar-refractivity contribution in [3.63, 3.8) is 0 Å². The molecule has 3 heteroatoms. The summed E-state index contributed by atoms with van der Waals surface area (Å²) in [6.45, 7) is 2.02. The predicted octanol–water partition coefficient (Wildman–Crippen LogP) is 1.05. The van der Waals surface area contributed by atoms with E-state index in [0.717, 1.165) is 11.3 Å². The standard InChI is InChI=1S/C11H18N2O/c1-8-4-5-9(10(12)7-14)11(6-8)13(2)3/h4-6,10,14H,7,12H2,1-3H3. The average molecular weight is 194 g/mol. The fraction of sp³-hybridized carbons (Fsp3) is 0.455. The fourth-order valence-corrected chi connectivity index (χ4v) is 1.45. The molecule has 3 N–H and O–H groups in total. The summed E-state index contributed by atoms with van der Waals surface area (Å²) in [5, 5.41) is 9.02. The van der Waals surface area contributed by atoms with Gasteiger partial charge in [0, 0.05) is 19.8 Å². The molecule has 1 aromatic carbocycles. The molecule has 0 saturated heterocycles. The molecule has 14 heavy (non-hydrogen) atoms. The summed E-state index contributed by atoms with van der Waals surface area (Å²) in [6.07, 6.45) is 0. The van der Waals surface area contributed by atoms with Crippen LogP contribution in [-0.2, 0) is 0 Å². The summed E-state index contributed by atoms with van der Waals surface area (Å²) in [6, 6.07) is 5.77. The van der Waals surface area contributed by atoms with Crippen molar-refractivity contribution in [3.05, 3.63) is 29.3 Å². The minimum atomic E-state index is -0.298. The normalized spacial score (nSPS) is 12.6. The van der Waals surface area contributed by atoms with E-state index in [0.29, 0.717) is 0 Å². The molecule has 0 fully saturated rings. The third-order valence-electron chi connectivity index (χ3n) is 2.26. The molecule has 1 rings (SSSR count). The molecule has 0 heterocycles. The molecule has 3 nitrogen and oxygen atoms in total. The third-order valence-corrected chi connectivity index (χ3v) is 2.26. The Morgan fingerprint density at radius 1 is 1.43 bits per heavy atom. The first-order chi connectivity index (χ1) is 6.56. The van der Waals surface area contributed by atoms with Gasteiger partial charge in [0.25, 0.3) is 0 Å². The highest BCUT2D eigenvalue weighted by Crippen LogP contribution is 2.24. The molecule has 1 aromatic rings. The molecule has 0 amide bonds. The first-order valence-electron chi connectivity index (χ1n) is 4.70. The maximum absolute atomic E-state index is 9.02. The molecule has 0 aliphatic heterocycles. The number of hydrogen-bond donors (Lipinski definition) is 2. The van der Waals surface area contributed by atoms with Gasteiger partial charge in [-0.1, -0.05) is 12.1 Å². The van der Waals surface area contributed by atoms with Crippen molar-refractivity contribution in [3.8, 4) is 0 Å². The fourth-order valence-electron chi connectivity index (χ4n) is 1.45. The van der Waals surface area contributed by atoms with E-state index in [9.17, 15) is 0 Å². The van der Waals surface area contributed by atoms with Gasteiger partial charge in [0.05, 0.1) is 12.6 Å². The van der Waals surface area contributed by atoms with Crippen LogP contribution in [0.4, 0.5) is 5.69 Å². The summed E-state index contributed by atoms with van der Waals surface area (Å²) in [7, 11) is 3.95. The Hall–Kier alpha value is -1.06. The number of aryl methyl sites for hydroxylation is 1. The van der Waals surface area contributed by atoms with Crippen LogP contribution in [0.5, 0.6) is 0 Å². The van der Waals surface area contributed by atoms with E-state index in [4.69, 9.17) is 10.8 Å². The second-order valence-electron chi connectivity index (χ2n) is 3.75. The minimum absolute atomic E-state index is 0.0239. The largest absolute Gasteiger partial charge is 0.394 e. The highest BCUT2D eigenvalue weighted by atomic mass is 16.3. The van der Waals surface area contributed by atoms with E-state index >= 15 is 0 Å². The molecule has 1 atom stereocenters. The van der Waals surface area contributed by atoms with E-state index in [1.807, 2.05) is 38.1 Å². The molecular formula is C11H18N2O. The molecular weight excluding hydrogens is 176 g/mol. The number of anilines is 1. The van der Waals surface area contributed by atoms with Gasteiger partial charge in [-0.05, 0) is 24.1 Å². The molecule has 0 bridgehead atoms. The maximum Gasteiger partial charge on any atom is 0.0625 e. The molecule has 78 valence electrons. The van der Waals surface area contributed by atoms with Crippen LogP contribution >= 0.6 is 0 Å². The van der Waals surface area contributed by atoms with Crippen LogP contribution < -0.4 is 10.6 Å². The monoisotopic (exact) mass is 194 g/mol. The van der Waals surface area contributed by atoms with Gasteiger partial charge in [-0.15, -0.1) is 0 Å². The maximum atomic E-state index is 9.02. The molecule has 0 aliphatic rings. The van der Waals surface area contributed by atoms with Crippen molar-refractivity contribution in [1.82, 2.24) is 0 Å². The van der Waals surface area contributed by atoms with Crippen molar-refractivity contribution in [2.75, 3.05) is 25.6 Å². The number of aliphatic hydroxyl groups is 1. The smallest absolute Gasteiger partial charge is 0.0625 e. The Morgan fingerprint density at radius 3 is 2.57 bits per heavy atom. The van der Waals surface area contributed by atoms with E-state index in [1.54, 1.807) is 0 Å². The summed E-state index contributed by atoms with van der Waals surface area (Å²) in [4.78, 5) is 2.01. The Kier molecular flexibility index (Phi) is 3.49. The van der Waals surface area contributed by atoms with Gasteiger partial charge in [-0.25, -0.2) is 0 Å². The highest BCUT2D eigenvalue weighted by molar-refractivity contribution is 5.55. The van der Waals surface area contributed by atoms with Gasteiger partial charge in [-0.3, -0.25) is 0 Å². The zero-order valence-corrected chi connectivity index (χ0v) is 8.99.